The zero-order chi connectivity index (χ0) is 13.2. The van der Waals surface area contributed by atoms with Crippen LogP contribution in [0.15, 0.2) is 0 Å². The molecule has 1 unspecified atom stereocenters. The van der Waals surface area contributed by atoms with Gasteiger partial charge in [0.1, 0.15) is 6.42 Å². The highest BCUT2D eigenvalue weighted by Crippen LogP contribution is 2.10. The summed E-state index contributed by atoms with van der Waals surface area (Å²) in [4.78, 5) is 22.8. The Morgan fingerprint density at radius 1 is 1.33 bits per heavy atom. The molecule has 0 bridgehead atoms. The second-order valence-electron chi connectivity index (χ2n) is 4.31. The third-order valence-corrected chi connectivity index (χ3v) is 2.72. The van der Waals surface area contributed by atoms with Crippen molar-refractivity contribution in [2.75, 3.05) is 33.4 Å². The van der Waals surface area contributed by atoms with Crippen molar-refractivity contribution < 1.29 is 19.1 Å². The molecule has 6 nitrogen and oxygen atoms in total. The van der Waals surface area contributed by atoms with E-state index in [9.17, 15) is 9.59 Å². The van der Waals surface area contributed by atoms with Crippen LogP contribution < -0.4 is 10.6 Å². The van der Waals surface area contributed by atoms with E-state index in [0.29, 0.717) is 19.7 Å². The minimum atomic E-state index is -0.255. The average molecular weight is 258 g/mol. The van der Waals surface area contributed by atoms with Gasteiger partial charge < -0.3 is 20.1 Å². The van der Waals surface area contributed by atoms with Crippen molar-refractivity contribution >= 4 is 11.8 Å². The summed E-state index contributed by atoms with van der Waals surface area (Å²) >= 11 is 0. The number of hydrogen-bond acceptors (Lipinski definition) is 4. The van der Waals surface area contributed by atoms with Crippen molar-refractivity contribution in [1.82, 2.24) is 10.6 Å². The molecule has 2 N–H and O–H groups in total. The van der Waals surface area contributed by atoms with Gasteiger partial charge in [0, 0.05) is 33.4 Å². The van der Waals surface area contributed by atoms with Crippen molar-refractivity contribution in [2.45, 2.75) is 31.8 Å². The molecule has 0 aromatic carbocycles. The fraction of sp³-hybridized carbons (Fsp3) is 0.833. The van der Waals surface area contributed by atoms with E-state index in [-0.39, 0.29) is 24.3 Å². The Labute approximate surface area is 107 Å². The van der Waals surface area contributed by atoms with E-state index < -0.39 is 0 Å². The van der Waals surface area contributed by atoms with Crippen molar-refractivity contribution in [1.29, 1.82) is 0 Å². The molecule has 104 valence electrons. The molecule has 0 aliphatic carbocycles. The molecule has 1 rings (SSSR count). The van der Waals surface area contributed by atoms with Crippen LogP contribution in [0.25, 0.3) is 0 Å². The molecule has 1 saturated heterocycles. The van der Waals surface area contributed by atoms with Gasteiger partial charge in [-0.3, -0.25) is 9.59 Å². The van der Waals surface area contributed by atoms with Gasteiger partial charge in [-0.05, 0) is 19.3 Å². The van der Waals surface area contributed by atoms with Gasteiger partial charge in [0.2, 0.25) is 11.8 Å². The van der Waals surface area contributed by atoms with Gasteiger partial charge >= 0.3 is 0 Å². The summed E-state index contributed by atoms with van der Waals surface area (Å²) in [5.41, 5.74) is 0. The van der Waals surface area contributed by atoms with Crippen LogP contribution in [-0.2, 0) is 19.1 Å². The van der Waals surface area contributed by atoms with Crippen LogP contribution in [0.1, 0.15) is 25.7 Å². The maximum atomic E-state index is 11.4. The molecule has 0 spiro atoms. The van der Waals surface area contributed by atoms with Crippen LogP contribution in [0.2, 0.25) is 0 Å². The zero-order valence-corrected chi connectivity index (χ0v) is 10.9. The van der Waals surface area contributed by atoms with Gasteiger partial charge in [0.15, 0.2) is 0 Å². The number of amides is 2. The highest BCUT2D eigenvalue weighted by Gasteiger charge is 2.16. The molecule has 6 heteroatoms. The first-order chi connectivity index (χ1) is 8.72. The first kappa shape index (κ1) is 14.9. The van der Waals surface area contributed by atoms with E-state index >= 15 is 0 Å². The summed E-state index contributed by atoms with van der Waals surface area (Å²) in [5, 5.41) is 5.37. The minimum absolute atomic E-state index is 0.110. The SMILES string of the molecule is COCCCNC(=O)CC(=O)NCC1CCCO1. The number of nitrogens with one attached hydrogen (secondary N) is 2. The van der Waals surface area contributed by atoms with Crippen LogP contribution >= 0.6 is 0 Å². The molecule has 0 aromatic heterocycles. The Hall–Kier alpha value is -1.14. The monoisotopic (exact) mass is 258 g/mol. The normalized spacial score (nSPS) is 18.6. The van der Waals surface area contributed by atoms with Gasteiger partial charge in [-0.2, -0.15) is 0 Å². The molecular weight excluding hydrogens is 236 g/mol. The summed E-state index contributed by atoms with van der Waals surface area (Å²) < 4.78 is 10.2. The van der Waals surface area contributed by atoms with Gasteiger partial charge in [-0.25, -0.2) is 0 Å². The van der Waals surface area contributed by atoms with Crippen molar-refractivity contribution in [3.05, 3.63) is 0 Å². The zero-order valence-electron chi connectivity index (χ0n) is 10.9. The van der Waals surface area contributed by atoms with Crippen LogP contribution in [0.4, 0.5) is 0 Å². The topological polar surface area (TPSA) is 76.7 Å². The molecule has 1 atom stereocenters. The van der Waals surface area contributed by atoms with E-state index in [2.05, 4.69) is 10.6 Å². The summed E-state index contributed by atoms with van der Waals surface area (Å²) in [6.45, 7) is 2.40. The van der Waals surface area contributed by atoms with Crippen LogP contribution in [0, 0.1) is 0 Å². The lowest BCUT2D eigenvalue weighted by molar-refractivity contribution is -0.129. The lowest BCUT2D eigenvalue weighted by Crippen LogP contribution is -2.36. The van der Waals surface area contributed by atoms with Gasteiger partial charge in [-0.15, -0.1) is 0 Å². The molecule has 0 aromatic rings. The number of methoxy groups -OCH3 is 1. The average Bonchev–Trinajstić information content (AvgIpc) is 2.85. The third kappa shape index (κ3) is 6.56. The predicted octanol–water partition coefficient (Wildman–Crippen LogP) is -0.176. The Kier molecular flexibility index (Phi) is 7.36. The molecule has 0 radical (unpaired) electrons. The standard InChI is InChI=1S/C12H22N2O4/c1-17-6-3-5-13-11(15)8-12(16)14-9-10-4-2-7-18-10/h10H,2-9H2,1H3,(H,13,15)(H,14,16). The Bertz CT molecular complexity index is 265. The second kappa shape index (κ2) is 8.88. The van der Waals surface area contributed by atoms with Gasteiger partial charge in [0.25, 0.3) is 0 Å². The van der Waals surface area contributed by atoms with Crippen LogP contribution in [0.3, 0.4) is 0 Å². The van der Waals surface area contributed by atoms with E-state index in [4.69, 9.17) is 9.47 Å². The molecule has 1 aliphatic rings. The number of rotatable bonds is 8. The molecular formula is C12H22N2O4. The van der Waals surface area contributed by atoms with Crippen LogP contribution in [0.5, 0.6) is 0 Å². The summed E-state index contributed by atoms with van der Waals surface area (Å²) in [6, 6.07) is 0. The molecule has 18 heavy (non-hydrogen) atoms. The van der Waals surface area contributed by atoms with Crippen molar-refractivity contribution in [3.63, 3.8) is 0 Å². The molecule has 0 saturated carbocycles. The lowest BCUT2D eigenvalue weighted by atomic mass is 10.2. The van der Waals surface area contributed by atoms with E-state index in [0.717, 1.165) is 25.9 Å². The maximum Gasteiger partial charge on any atom is 0.229 e. The Balaban J connectivity index is 2.01. The summed E-state index contributed by atoms with van der Waals surface area (Å²) in [7, 11) is 1.61. The fourth-order valence-electron chi connectivity index (χ4n) is 1.75. The quantitative estimate of drug-likeness (QED) is 0.468. The van der Waals surface area contributed by atoms with Gasteiger partial charge in [-0.1, -0.05) is 0 Å². The predicted molar refractivity (Wildman–Crippen MR) is 66.1 cm³/mol. The molecule has 1 fully saturated rings. The highest BCUT2D eigenvalue weighted by molar-refractivity contribution is 5.96. The summed E-state index contributed by atoms with van der Waals surface area (Å²) in [5.74, 6) is -0.509. The number of hydrogen-bond donors (Lipinski definition) is 2. The molecule has 2 amide bonds. The minimum Gasteiger partial charge on any atom is -0.385 e. The number of ether oxygens (including phenoxy) is 2. The smallest absolute Gasteiger partial charge is 0.229 e. The molecule has 1 aliphatic heterocycles. The Morgan fingerprint density at radius 2 is 2.11 bits per heavy atom. The fourth-order valence-corrected chi connectivity index (χ4v) is 1.75. The Morgan fingerprint density at radius 3 is 2.78 bits per heavy atom. The number of carbonyl (C=O) groups excluding carboxylic acids is 2. The first-order valence-electron chi connectivity index (χ1n) is 6.36. The van der Waals surface area contributed by atoms with E-state index in [1.807, 2.05) is 0 Å². The highest BCUT2D eigenvalue weighted by atomic mass is 16.5. The number of carbonyl (C=O) groups is 2. The summed E-state index contributed by atoms with van der Waals surface area (Å²) in [6.07, 6.45) is 2.75. The van der Waals surface area contributed by atoms with Gasteiger partial charge in [0.05, 0.1) is 6.10 Å². The van der Waals surface area contributed by atoms with E-state index in [1.54, 1.807) is 7.11 Å². The van der Waals surface area contributed by atoms with Crippen molar-refractivity contribution in [3.8, 4) is 0 Å². The maximum absolute atomic E-state index is 11.4. The van der Waals surface area contributed by atoms with E-state index in [1.165, 1.54) is 0 Å². The van der Waals surface area contributed by atoms with Crippen LogP contribution in [-0.4, -0.2) is 51.3 Å². The third-order valence-electron chi connectivity index (χ3n) is 2.72. The van der Waals surface area contributed by atoms with Crippen molar-refractivity contribution in [2.24, 2.45) is 0 Å². The first-order valence-corrected chi connectivity index (χ1v) is 6.36. The lowest BCUT2D eigenvalue weighted by Gasteiger charge is -2.10. The largest absolute Gasteiger partial charge is 0.385 e. The molecule has 1 heterocycles. The second-order valence-corrected chi connectivity index (χ2v) is 4.31.